The highest BCUT2D eigenvalue weighted by Crippen LogP contribution is 2.21. The minimum absolute atomic E-state index is 0.0439. The molecule has 1 N–H and O–H groups in total. The fraction of sp³-hybridized carbons (Fsp3) is 0.200. The van der Waals surface area contributed by atoms with E-state index in [-0.39, 0.29) is 17.8 Å². The molecule has 0 saturated carbocycles. The van der Waals surface area contributed by atoms with Crippen LogP contribution < -0.4 is 5.32 Å². The zero-order valence-corrected chi connectivity index (χ0v) is 11.0. The number of nitriles is 1. The molecule has 0 aliphatic heterocycles. The van der Waals surface area contributed by atoms with Crippen LogP contribution in [0.25, 0.3) is 0 Å². The third-order valence-corrected chi connectivity index (χ3v) is 2.97. The van der Waals surface area contributed by atoms with E-state index < -0.39 is 11.6 Å². The van der Waals surface area contributed by atoms with E-state index in [1.807, 2.05) is 19.1 Å². The van der Waals surface area contributed by atoms with Crippen LogP contribution in [0.1, 0.15) is 23.7 Å². The van der Waals surface area contributed by atoms with Gasteiger partial charge in [-0.1, -0.05) is 13.0 Å². The van der Waals surface area contributed by atoms with Crippen LogP contribution in [0.15, 0.2) is 30.5 Å². The van der Waals surface area contributed by atoms with E-state index in [9.17, 15) is 8.78 Å². The van der Waals surface area contributed by atoms with Crippen LogP contribution in [-0.2, 0) is 13.0 Å². The van der Waals surface area contributed by atoms with Gasteiger partial charge in [-0.05, 0) is 30.2 Å². The molecule has 3 nitrogen and oxygen atoms in total. The SMILES string of the molecule is CCc1cccnc1CNc1c(F)cc(C#N)cc1F. The molecule has 0 aliphatic carbocycles. The maximum atomic E-state index is 13.7. The van der Waals surface area contributed by atoms with Gasteiger partial charge in [0.1, 0.15) is 5.69 Å². The molecule has 2 aromatic rings. The second-order valence-electron chi connectivity index (χ2n) is 4.24. The van der Waals surface area contributed by atoms with E-state index in [1.54, 1.807) is 12.3 Å². The van der Waals surface area contributed by atoms with E-state index in [0.29, 0.717) is 0 Å². The summed E-state index contributed by atoms with van der Waals surface area (Å²) in [5.41, 5.74) is 1.49. The smallest absolute Gasteiger partial charge is 0.150 e. The average Bonchev–Trinajstić information content (AvgIpc) is 2.46. The lowest BCUT2D eigenvalue weighted by Crippen LogP contribution is -2.08. The van der Waals surface area contributed by atoms with Gasteiger partial charge in [-0.3, -0.25) is 4.98 Å². The molecule has 2 rings (SSSR count). The van der Waals surface area contributed by atoms with E-state index in [0.717, 1.165) is 29.8 Å². The number of aryl methyl sites for hydroxylation is 1. The van der Waals surface area contributed by atoms with Crippen LogP contribution in [-0.4, -0.2) is 4.98 Å². The normalized spacial score (nSPS) is 10.1. The van der Waals surface area contributed by atoms with Gasteiger partial charge in [0.25, 0.3) is 0 Å². The van der Waals surface area contributed by atoms with Gasteiger partial charge < -0.3 is 5.32 Å². The van der Waals surface area contributed by atoms with Crippen LogP contribution in [0.2, 0.25) is 0 Å². The van der Waals surface area contributed by atoms with Crippen molar-refractivity contribution in [1.29, 1.82) is 5.26 Å². The van der Waals surface area contributed by atoms with Gasteiger partial charge in [0.15, 0.2) is 11.6 Å². The zero-order chi connectivity index (χ0) is 14.5. The Labute approximate surface area is 115 Å². The number of nitrogens with one attached hydrogen (secondary N) is 1. The Balaban J connectivity index is 2.22. The summed E-state index contributed by atoms with van der Waals surface area (Å²) in [4.78, 5) is 4.20. The third-order valence-electron chi connectivity index (χ3n) is 2.97. The quantitative estimate of drug-likeness (QED) is 0.928. The van der Waals surface area contributed by atoms with Gasteiger partial charge in [-0.15, -0.1) is 0 Å². The fourth-order valence-corrected chi connectivity index (χ4v) is 1.93. The molecular formula is C15H13F2N3. The topological polar surface area (TPSA) is 48.7 Å². The molecule has 0 fully saturated rings. The minimum atomic E-state index is -0.782. The summed E-state index contributed by atoms with van der Waals surface area (Å²) in [5.74, 6) is -1.56. The van der Waals surface area contributed by atoms with E-state index in [2.05, 4.69) is 10.3 Å². The number of nitrogens with zero attached hydrogens (tertiary/aromatic N) is 2. The van der Waals surface area contributed by atoms with Crippen LogP contribution in [0.5, 0.6) is 0 Å². The first kappa shape index (κ1) is 13.9. The van der Waals surface area contributed by atoms with Gasteiger partial charge in [0.05, 0.1) is 23.9 Å². The van der Waals surface area contributed by atoms with Crippen molar-refractivity contribution in [2.45, 2.75) is 19.9 Å². The van der Waals surface area contributed by atoms with Crippen molar-refractivity contribution in [2.24, 2.45) is 0 Å². The van der Waals surface area contributed by atoms with E-state index >= 15 is 0 Å². The molecule has 0 amide bonds. The van der Waals surface area contributed by atoms with Gasteiger partial charge in [-0.2, -0.15) is 5.26 Å². The van der Waals surface area contributed by atoms with Crippen LogP contribution in [0.3, 0.4) is 0 Å². The number of hydrogen-bond donors (Lipinski definition) is 1. The standard InChI is InChI=1S/C15H13F2N3/c1-2-11-4-3-5-19-14(11)9-20-15-12(16)6-10(8-18)7-13(15)17/h3-7,20H,2,9H2,1H3. The highest BCUT2D eigenvalue weighted by Gasteiger charge is 2.11. The van der Waals surface area contributed by atoms with E-state index in [4.69, 9.17) is 5.26 Å². The molecule has 1 aromatic heterocycles. The van der Waals surface area contributed by atoms with Gasteiger partial charge in [0.2, 0.25) is 0 Å². The summed E-state index contributed by atoms with van der Waals surface area (Å²) in [6.45, 7) is 2.22. The molecular weight excluding hydrogens is 260 g/mol. The number of halogens is 2. The largest absolute Gasteiger partial charge is 0.375 e. The van der Waals surface area contributed by atoms with Crippen molar-refractivity contribution in [1.82, 2.24) is 4.98 Å². The Hall–Kier alpha value is -2.48. The number of rotatable bonds is 4. The molecule has 0 saturated heterocycles. The maximum Gasteiger partial charge on any atom is 0.150 e. The Bertz CT molecular complexity index is 639. The molecule has 20 heavy (non-hydrogen) atoms. The molecule has 5 heteroatoms. The second-order valence-corrected chi connectivity index (χ2v) is 4.24. The summed E-state index contributed by atoms with van der Waals surface area (Å²) in [7, 11) is 0. The summed E-state index contributed by atoms with van der Waals surface area (Å²) < 4.78 is 27.4. The first-order chi connectivity index (χ1) is 9.65. The summed E-state index contributed by atoms with van der Waals surface area (Å²) >= 11 is 0. The van der Waals surface area contributed by atoms with Crippen LogP contribution >= 0.6 is 0 Å². The molecule has 0 spiro atoms. The van der Waals surface area contributed by atoms with Crippen molar-refractivity contribution in [3.8, 4) is 6.07 Å². The van der Waals surface area contributed by atoms with Crippen molar-refractivity contribution >= 4 is 5.69 Å². The average molecular weight is 273 g/mol. The molecule has 0 unspecified atom stereocenters. The molecule has 1 aromatic carbocycles. The van der Waals surface area contributed by atoms with E-state index in [1.165, 1.54) is 0 Å². The van der Waals surface area contributed by atoms with Gasteiger partial charge in [-0.25, -0.2) is 8.78 Å². The summed E-state index contributed by atoms with van der Waals surface area (Å²) in [6, 6.07) is 7.47. The Morgan fingerprint density at radius 1 is 1.30 bits per heavy atom. The summed E-state index contributed by atoms with van der Waals surface area (Å²) in [5, 5.41) is 11.3. The number of hydrogen-bond acceptors (Lipinski definition) is 3. The fourth-order valence-electron chi connectivity index (χ4n) is 1.93. The first-order valence-electron chi connectivity index (χ1n) is 6.21. The van der Waals surface area contributed by atoms with Crippen molar-refractivity contribution in [3.05, 3.63) is 58.9 Å². The number of benzene rings is 1. The molecule has 0 atom stereocenters. The van der Waals surface area contributed by atoms with Crippen molar-refractivity contribution < 1.29 is 8.78 Å². The van der Waals surface area contributed by atoms with Gasteiger partial charge in [0, 0.05) is 6.20 Å². The number of anilines is 1. The van der Waals surface area contributed by atoms with Crippen molar-refractivity contribution in [3.63, 3.8) is 0 Å². The maximum absolute atomic E-state index is 13.7. The first-order valence-corrected chi connectivity index (χ1v) is 6.21. The Kier molecular flexibility index (Phi) is 4.26. The third kappa shape index (κ3) is 2.91. The number of pyridine rings is 1. The lowest BCUT2D eigenvalue weighted by molar-refractivity contribution is 0.587. The predicted molar refractivity (Wildman–Crippen MR) is 72.0 cm³/mol. The van der Waals surface area contributed by atoms with Crippen molar-refractivity contribution in [2.75, 3.05) is 5.32 Å². The Morgan fingerprint density at radius 3 is 2.60 bits per heavy atom. The van der Waals surface area contributed by atoms with Crippen LogP contribution in [0.4, 0.5) is 14.5 Å². The summed E-state index contributed by atoms with van der Waals surface area (Å²) in [6.07, 6.45) is 2.44. The highest BCUT2D eigenvalue weighted by molar-refractivity contribution is 5.50. The molecule has 1 heterocycles. The number of aromatic nitrogens is 1. The second kappa shape index (κ2) is 6.11. The van der Waals surface area contributed by atoms with Crippen LogP contribution in [0, 0.1) is 23.0 Å². The molecule has 0 bridgehead atoms. The molecule has 0 aliphatic rings. The van der Waals surface area contributed by atoms with Gasteiger partial charge >= 0.3 is 0 Å². The minimum Gasteiger partial charge on any atom is -0.375 e. The lowest BCUT2D eigenvalue weighted by atomic mass is 10.1. The molecule has 0 radical (unpaired) electrons. The predicted octanol–water partition coefficient (Wildman–Crippen LogP) is 3.41. The molecule has 102 valence electrons. The lowest BCUT2D eigenvalue weighted by Gasteiger charge is -2.11. The monoisotopic (exact) mass is 273 g/mol. The Morgan fingerprint density at radius 2 is 2.00 bits per heavy atom. The highest BCUT2D eigenvalue weighted by atomic mass is 19.1. The zero-order valence-electron chi connectivity index (χ0n) is 11.0.